The summed E-state index contributed by atoms with van der Waals surface area (Å²) in [6.45, 7) is 7.69. The Morgan fingerprint density at radius 2 is 1.96 bits per heavy atom. The van der Waals surface area contributed by atoms with Gasteiger partial charge in [-0.25, -0.2) is 0 Å². The molecule has 0 aliphatic heterocycles. The van der Waals surface area contributed by atoms with Crippen LogP contribution in [0.4, 0.5) is 0 Å². The third-order valence-corrected chi connectivity index (χ3v) is 3.26. The van der Waals surface area contributed by atoms with Gasteiger partial charge in [0.05, 0.1) is 19.8 Å². The van der Waals surface area contributed by atoms with E-state index in [1.165, 1.54) is 0 Å². The summed E-state index contributed by atoms with van der Waals surface area (Å²) < 4.78 is 11.0. The number of carbonyl (C=O) groups is 1. The Kier molecular flexibility index (Phi) is 10.4. The van der Waals surface area contributed by atoms with E-state index < -0.39 is 6.04 Å². The van der Waals surface area contributed by atoms with Gasteiger partial charge in [-0.1, -0.05) is 19.9 Å². The molecule has 1 atom stereocenters. The molecule has 132 valence electrons. The van der Waals surface area contributed by atoms with Crippen LogP contribution in [-0.4, -0.2) is 37.1 Å². The quantitative estimate of drug-likeness (QED) is 0.748. The first-order valence-corrected chi connectivity index (χ1v) is 7.87. The van der Waals surface area contributed by atoms with Gasteiger partial charge in [-0.2, -0.15) is 0 Å². The van der Waals surface area contributed by atoms with E-state index in [9.17, 15) is 4.79 Å². The molecule has 0 saturated heterocycles. The maximum absolute atomic E-state index is 12.1. The Bertz CT molecular complexity index is 481. The number of carbonyl (C=O) groups excluding carboxylic acids is 1. The van der Waals surface area contributed by atoms with Crippen LogP contribution in [0.2, 0.25) is 0 Å². The molecule has 23 heavy (non-hydrogen) atoms. The predicted octanol–water partition coefficient (Wildman–Crippen LogP) is 2.99. The SMILES string of the molecule is CCCOc1ccc(CN(CCC)C(=O)[C@H](C)N)cc1OC.Cl. The number of benzene rings is 1. The fraction of sp³-hybridized carbons (Fsp3) is 0.588. The summed E-state index contributed by atoms with van der Waals surface area (Å²) in [5, 5.41) is 0. The summed E-state index contributed by atoms with van der Waals surface area (Å²) in [6, 6.07) is 5.29. The third kappa shape index (κ3) is 6.67. The Morgan fingerprint density at radius 3 is 2.48 bits per heavy atom. The van der Waals surface area contributed by atoms with Gasteiger partial charge in [0.1, 0.15) is 0 Å². The summed E-state index contributed by atoms with van der Waals surface area (Å²) in [7, 11) is 1.62. The number of nitrogens with two attached hydrogens (primary N) is 1. The lowest BCUT2D eigenvalue weighted by Gasteiger charge is -2.24. The summed E-state index contributed by atoms with van der Waals surface area (Å²) in [5.41, 5.74) is 6.72. The number of rotatable bonds is 9. The molecule has 1 rings (SSSR count). The molecule has 0 heterocycles. The van der Waals surface area contributed by atoms with E-state index in [4.69, 9.17) is 15.2 Å². The number of nitrogens with zero attached hydrogens (tertiary/aromatic N) is 1. The highest BCUT2D eigenvalue weighted by molar-refractivity contribution is 5.85. The maximum atomic E-state index is 12.1. The lowest BCUT2D eigenvalue weighted by atomic mass is 10.1. The van der Waals surface area contributed by atoms with Crippen LogP contribution in [0.1, 0.15) is 39.2 Å². The predicted molar refractivity (Wildman–Crippen MR) is 95.4 cm³/mol. The number of hydrogen-bond donors (Lipinski definition) is 1. The average Bonchev–Trinajstić information content (AvgIpc) is 2.52. The topological polar surface area (TPSA) is 64.8 Å². The van der Waals surface area contributed by atoms with Crippen LogP contribution in [0.25, 0.3) is 0 Å². The molecule has 0 unspecified atom stereocenters. The Balaban J connectivity index is 0.00000484. The molecule has 6 heteroatoms. The standard InChI is InChI=1S/C17H28N2O3.ClH/c1-5-9-19(17(20)13(3)18)12-14-7-8-15(22-10-6-2)16(11-14)21-4;/h7-8,11,13H,5-6,9-10,12,18H2,1-4H3;1H/t13-;/m0./s1. The summed E-state index contributed by atoms with van der Waals surface area (Å²) in [4.78, 5) is 13.9. The molecule has 0 spiro atoms. The zero-order chi connectivity index (χ0) is 16.5. The molecule has 1 aromatic carbocycles. The second-order valence-electron chi connectivity index (χ2n) is 5.38. The van der Waals surface area contributed by atoms with Crippen LogP contribution in [0.15, 0.2) is 18.2 Å². The van der Waals surface area contributed by atoms with Crippen LogP contribution in [0.5, 0.6) is 11.5 Å². The molecule has 0 aromatic heterocycles. The molecule has 1 amide bonds. The van der Waals surface area contributed by atoms with Crippen molar-refractivity contribution < 1.29 is 14.3 Å². The highest BCUT2D eigenvalue weighted by Crippen LogP contribution is 2.28. The lowest BCUT2D eigenvalue weighted by molar-refractivity contribution is -0.132. The van der Waals surface area contributed by atoms with E-state index in [0.717, 1.165) is 24.2 Å². The Labute approximate surface area is 145 Å². The van der Waals surface area contributed by atoms with Gasteiger partial charge in [0.15, 0.2) is 11.5 Å². The van der Waals surface area contributed by atoms with Gasteiger partial charge in [0, 0.05) is 13.1 Å². The van der Waals surface area contributed by atoms with Crippen molar-refractivity contribution in [1.29, 1.82) is 0 Å². The summed E-state index contributed by atoms with van der Waals surface area (Å²) in [6.07, 6.45) is 1.84. The first-order valence-electron chi connectivity index (χ1n) is 7.87. The fourth-order valence-electron chi connectivity index (χ4n) is 2.19. The number of methoxy groups -OCH3 is 1. The molecule has 0 bridgehead atoms. The minimum atomic E-state index is -0.486. The van der Waals surface area contributed by atoms with Crippen molar-refractivity contribution in [2.75, 3.05) is 20.3 Å². The van der Waals surface area contributed by atoms with E-state index in [1.807, 2.05) is 25.1 Å². The monoisotopic (exact) mass is 344 g/mol. The number of halogens is 1. The zero-order valence-corrected chi connectivity index (χ0v) is 15.3. The summed E-state index contributed by atoms with van der Waals surface area (Å²) >= 11 is 0. The van der Waals surface area contributed by atoms with E-state index in [1.54, 1.807) is 18.9 Å². The molecule has 0 aliphatic rings. The average molecular weight is 345 g/mol. The van der Waals surface area contributed by atoms with Crippen LogP contribution in [0, 0.1) is 0 Å². The van der Waals surface area contributed by atoms with Crippen molar-refractivity contribution in [2.24, 2.45) is 5.73 Å². The first kappa shape index (κ1) is 21.5. The van der Waals surface area contributed by atoms with Crippen LogP contribution < -0.4 is 15.2 Å². The molecule has 0 fully saturated rings. The van der Waals surface area contributed by atoms with Crippen molar-refractivity contribution in [3.05, 3.63) is 23.8 Å². The summed E-state index contributed by atoms with van der Waals surface area (Å²) in [5.74, 6) is 1.39. The van der Waals surface area contributed by atoms with E-state index in [0.29, 0.717) is 25.4 Å². The lowest BCUT2D eigenvalue weighted by Crippen LogP contribution is -2.42. The van der Waals surface area contributed by atoms with Gasteiger partial charge >= 0.3 is 0 Å². The molecule has 1 aromatic rings. The molecule has 0 aliphatic carbocycles. The number of hydrogen-bond acceptors (Lipinski definition) is 4. The van der Waals surface area contributed by atoms with Crippen molar-refractivity contribution in [2.45, 2.75) is 46.2 Å². The Hall–Kier alpha value is -1.46. The molecule has 0 saturated carbocycles. The van der Waals surface area contributed by atoms with Gasteiger partial charge in [0.25, 0.3) is 0 Å². The molecule has 5 nitrogen and oxygen atoms in total. The van der Waals surface area contributed by atoms with Crippen molar-refractivity contribution >= 4 is 18.3 Å². The van der Waals surface area contributed by atoms with Gasteiger partial charge in [-0.3, -0.25) is 4.79 Å². The molecule has 2 N–H and O–H groups in total. The van der Waals surface area contributed by atoms with E-state index in [2.05, 4.69) is 6.92 Å². The number of amides is 1. The van der Waals surface area contributed by atoms with Crippen molar-refractivity contribution in [3.63, 3.8) is 0 Å². The van der Waals surface area contributed by atoms with Crippen LogP contribution in [0.3, 0.4) is 0 Å². The smallest absolute Gasteiger partial charge is 0.239 e. The van der Waals surface area contributed by atoms with Crippen molar-refractivity contribution in [3.8, 4) is 11.5 Å². The first-order chi connectivity index (χ1) is 10.5. The highest BCUT2D eigenvalue weighted by atomic mass is 35.5. The van der Waals surface area contributed by atoms with Gasteiger partial charge in [-0.05, 0) is 37.5 Å². The van der Waals surface area contributed by atoms with E-state index >= 15 is 0 Å². The molecular weight excluding hydrogens is 316 g/mol. The normalized spacial score (nSPS) is 11.3. The zero-order valence-electron chi connectivity index (χ0n) is 14.5. The van der Waals surface area contributed by atoms with Crippen LogP contribution in [-0.2, 0) is 11.3 Å². The second-order valence-corrected chi connectivity index (χ2v) is 5.38. The minimum Gasteiger partial charge on any atom is -0.493 e. The van der Waals surface area contributed by atoms with Gasteiger partial charge < -0.3 is 20.1 Å². The third-order valence-electron chi connectivity index (χ3n) is 3.26. The number of ether oxygens (including phenoxy) is 2. The molecule has 0 radical (unpaired) electrons. The van der Waals surface area contributed by atoms with Gasteiger partial charge in [-0.15, -0.1) is 12.4 Å². The fourth-order valence-corrected chi connectivity index (χ4v) is 2.19. The largest absolute Gasteiger partial charge is 0.493 e. The second kappa shape index (κ2) is 11.1. The van der Waals surface area contributed by atoms with Crippen molar-refractivity contribution in [1.82, 2.24) is 4.90 Å². The van der Waals surface area contributed by atoms with Crippen LogP contribution >= 0.6 is 12.4 Å². The highest BCUT2D eigenvalue weighted by Gasteiger charge is 2.17. The minimum absolute atomic E-state index is 0. The van der Waals surface area contributed by atoms with E-state index in [-0.39, 0.29) is 18.3 Å². The Morgan fingerprint density at radius 1 is 1.26 bits per heavy atom. The molecular formula is C17H29ClN2O3. The van der Waals surface area contributed by atoms with Gasteiger partial charge in [0.2, 0.25) is 5.91 Å². The maximum Gasteiger partial charge on any atom is 0.239 e.